The number of benzene rings is 1. The molecule has 1 rings (SSSR count). The molecule has 0 aliphatic rings. The summed E-state index contributed by atoms with van der Waals surface area (Å²) in [6, 6.07) is 5.66. The molecule has 0 radical (unpaired) electrons. The van der Waals surface area contributed by atoms with Crippen molar-refractivity contribution in [2.75, 3.05) is 0 Å². The molecule has 6 heteroatoms. The number of nitriles is 1. The Morgan fingerprint density at radius 3 is 2.59 bits per heavy atom. The minimum absolute atomic E-state index is 0.0346. The third kappa shape index (κ3) is 3.36. The van der Waals surface area contributed by atoms with Crippen LogP contribution < -0.4 is 4.74 Å². The van der Waals surface area contributed by atoms with Gasteiger partial charge in [0.2, 0.25) is 0 Å². The Morgan fingerprint density at radius 2 is 2.12 bits per heavy atom. The van der Waals surface area contributed by atoms with E-state index in [0.29, 0.717) is 5.56 Å². The summed E-state index contributed by atoms with van der Waals surface area (Å²) in [5.41, 5.74) is 0.404. The van der Waals surface area contributed by atoms with Gasteiger partial charge in [0.25, 0.3) is 0 Å². The summed E-state index contributed by atoms with van der Waals surface area (Å²) in [6.07, 6.45) is -6.47. The van der Waals surface area contributed by atoms with Crippen LogP contribution in [-0.4, -0.2) is 17.4 Å². The molecule has 1 N–H and O–H groups in total. The van der Waals surface area contributed by atoms with Crippen molar-refractivity contribution in [3.63, 3.8) is 0 Å². The average molecular weight is 245 g/mol. The van der Waals surface area contributed by atoms with Crippen molar-refractivity contribution >= 4 is 0 Å². The summed E-state index contributed by atoms with van der Waals surface area (Å²) >= 11 is 0. The van der Waals surface area contributed by atoms with E-state index in [9.17, 15) is 13.2 Å². The smallest absolute Gasteiger partial charge is 0.425 e. The molecule has 0 aliphatic heterocycles. The van der Waals surface area contributed by atoms with Gasteiger partial charge in [0.15, 0.2) is 6.10 Å². The van der Waals surface area contributed by atoms with Gasteiger partial charge in [-0.2, -0.15) is 18.4 Å². The molecular weight excluding hydrogens is 235 g/mol. The lowest BCUT2D eigenvalue weighted by Gasteiger charge is -2.18. The molecular formula is C11H10F3NO2. The molecule has 0 amide bonds. The van der Waals surface area contributed by atoms with Crippen molar-refractivity contribution in [1.29, 1.82) is 5.26 Å². The Kier molecular flexibility index (Phi) is 3.97. The highest BCUT2D eigenvalue weighted by atomic mass is 19.4. The van der Waals surface area contributed by atoms with Gasteiger partial charge in [0.1, 0.15) is 11.8 Å². The van der Waals surface area contributed by atoms with Gasteiger partial charge >= 0.3 is 6.18 Å². The van der Waals surface area contributed by atoms with Crippen LogP contribution in [0.1, 0.15) is 18.1 Å². The molecule has 0 saturated carbocycles. The minimum atomic E-state index is -4.48. The van der Waals surface area contributed by atoms with Crippen molar-refractivity contribution < 1.29 is 23.0 Å². The standard InChI is InChI=1S/C11H10F3NO2/c1-7(11(12,13)14)17-10-3-2-8(6-16)4-9(10)5-15/h2-4,7,16H,6H2,1H3/t7-/m0/s1. The van der Waals surface area contributed by atoms with Crippen LogP contribution in [0.4, 0.5) is 13.2 Å². The zero-order chi connectivity index (χ0) is 13.1. The van der Waals surface area contributed by atoms with E-state index >= 15 is 0 Å². The van der Waals surface area contributed by atoms with E-state index in [0.717, 1.165) is 6.92 Å². The second-order valence-corrected chi connectivity index (χ2v) is 3.40. The van der Waals surface area contributed by atoms with Crippen LogP contribution in [0.3, 0.4) is 0 Å². The fourth-order valence-electron chi connectivity index (χ4n) is 1.12. The molecule has 0 spiro atoms. The molecule has 1 aromatic carbocycles. The van der Waals surface area contributed by atoms with E-state index in [1.807, 2.05) is 0 Å². The number of halogens is 3. The maximum Gasteiger partial charge on any atom is 0.425 e. The van der Waals surface area contributed by atoms with E-state index < -0.39 is 12.3 Å². The van der Waals surface area contributed by atoms with Gasteiger partial charge in [-0.25, -0.2) is 0 Å². The van der Waals surface area contributed by atoms with E-state index in [4.69, 9.17) is 10.4 Å². The van der Waals surface area contributed by atoms with E-state index in [1.165, 1.54) is 18.2 Å². The van der Waals surface area contributed by atoms with Gasteiger partial charge in [0, 0.05) is 0 Å². The molecule has 0 aliphatic carbocycles. The third-order valence-corrected chi connectivity index (χ3v) is 2.11. The molecule has 0 fully saturated rings. The number of alkyl halides is 3. The first-order valence-electron chi connectivity index (χ1n) is 4.75. The number of nitrogens with zero attached hydrogens (tertiary/aromatic N) is 1. The van der Waals surface area contributed by atoms with E-state index in [2.05, 4.69) is 4.74 Å². The lowest BCUT2D eigenvalue weighted by molar-refractivity contribution is -0.189. The van der Waals surface area contributed by atoms with Crippen LogP contribution in [0.5, 0.6) is 5.75 Å². The van der Waals surface area contributed by atoms with Crippen molar-refractivity contribution in [1.82, 2.24) is 0 Å². The number of hydrogen-bond donors (Lipinski definition) is 1. The number of aliphatic hydroxyl groups is 1. The van der Waals surface area contributed by atoms with Crippen molar-refractivity contribution in [3.05, 3.63) is 29.3 Å². The first-order chi connectivity index (χ1) is 7.88. The molecule has 1 aromatic rings. The predicted molar refractivity (Wildman–Crippen MR) is 53.2 cm³/mol. The molecule has 0 saturated heterocycles. The molecule has 0 bridgehead atoms. The quantitative estimate of drug-likeness (QED) is 0.889. The second-order valence-electron chi connectivity index (χ2n) is 3.40. The van der Waals surface area contributed by atoms with Crippen LogP contribution >= 0.6 is 0 Å². The summed E-state index contributed by atoms with van der Waals surface area (Å²) in [4.78, 5) is 0. The third-order valence-electron chi connectivity index (χ3n) is 2.11. The summed E-state index contributed by atoms with van der Waals surface area (Å²) in [6.45, 7) is 0.574. The highest BCUT2D eigenvalue weighted by Crippen LogP contribution is 2.27. The average Bonchev–Trinajstić information content (AvgIpc) is 2.28. The number of ether oxygens (including phenoxy) is 1. The van der Waals surface area contributed by atoms with Crippen LogP contribution in [0.15, 0.2) is 18.2 Å². The Morgan fingerprint density at radius 1 is 1.47 bits per heavy atom. The lowest BCUT2D eigenvalue weighted by atomic mass is 10.1. The first-order valence-corrected chi connectivity index (χ1v) is 4.75. The van der Waals surface area contributed by atoms with Gasteiger partial charge in [-0.1, -0.05) is 6.07 Å². The number of hydrogen-bond acceptors (Lipinski definition) is 3. The molecule has 1 atom stereocenters. The summed E-state index contributed by atoms with van der Waals surface area (Å²) in [5.74, 6) is -0.144. The predicted octanol–water partition coefficient (Wildman–Crippen LogP) is 2.38. The Balaban J connectivity index is 2.96. The van der Waals surface area contributed by atoms with Gasteiger partial charge in [-0.05, 0) is 24.6 Å². The van der Waals surface area contributed by atoms with Crippen LogP contribution in [0, 0.1) is 11.3 Å². The van der Waals surface area contributed by atoms with Gasteiger partial charge in [-0.15, -0.1) is 0 Å². The van der Waals surface area contributed by atoms with Crippen molar-refractivity contribution in [2.45, 2.75) is 25.8 Å². The Labute approximate surface area is 96.1 Å². The SMILES string of the molecule is C[C@H](Oc1ccc(CO)cc1C#N)C(F)(F)F. The zero-order valence-electron chi connectivity index (χ0n) is 8.95. The largest absolute Gasteiger partial charge is 0.480 e. The molecule has 17 heavy (non-hydrogen) atoms. The van der Waals surface area contributed by atoms with Gasteiger partial charge in [0.05, 0.1) is 12.2 Å². The molecule has 0 heterocycles. The lowest BCUT2D eigenvalue weighted by Crippen LogP contribution is -2.31. The molecule has 0 unspecified atom stereocenters. The highest BCUT2D eigenvalue weighted by Gasteiger charge is 2.38. The van der Waals surface area contributed by atoms with Gasteiger partial charge in [-0.3, -0.25) is 0 Å². The van der Waals surface area contributed by atoms with E-state index in [1.54, 1.807) is 6.07 Å². The molecule has 3 nitrogen and oxygen atoms in total. The zero-order valence-corrected chi connectivity index (χ0v) is 8.95. The molecule has 92 valence electrons. The molecule has 0 aromatic heterocycles. The topological polar surface area (TPSA) is 53.2 Å². The van der Waals surface area contributed by atoms with Crippen molar-refractivity contribution in [3.8, 4) is 11.8 Å². The fraction of sp³-hybridized carbons (Fsp3) is 0.364. The summed E-state index contributed by atoms with van der Waals surface area (Å²) in [5, 5.41) is 17.6. The van der Waals surface area contributed by atoms with Gasteiger partial charge < -0.3 is 9.84 Å². The van der Waals surface area contributed by atoms with Crippen LogP contribution in [-0.2, 0) is 6.61 Å². The van der Waals surface area contributed by atoms with E-state index in [-0.39, 0.29) is 17.9 Å². The summed E-state index contributed by atoms with van der Waals surface area (Å²) in [7, 11) is 0. The second kappa shape index (κ2) is 5.06. The monoisotopic (exact) mass is 245 g/mol. The summed E-state index contributed by atoms with van der Waals surface area (Å²) < 4.78 is 41.5. The number of rotatable bonds is 3. The Hall–Kier alpha value is -1.74. The normalized spacial score (nSPS) is 12.9. The maximum absolute atomic E-state index is 12.3. The minimum Gasteiger partial charge on any atom is -0.480 e. The first kappa shape index (κ1) is 13.3. The van der Waals surface area contributed by atoms with Crippen molar-refractivity contribution in [2.24, 2.45) is 0 Å². The van der Waals surface area contributed by atoms with Crippen LogP contribution in [0.25, 0.3) is 0 Å². The highest BCUT2D eigenvalue weighted by molar-refractivity contribution is 5.45. The van der Waals surface area contributed by atoms with Crippen LogP contribution in [0.2, 0.25) is 0 Å². The Bertz CT molecular complexity index is 437. The maximum atomic E-state index is 12.3. The number of aliphatic hydroxyl groups excluding tert-OH is 1. The fourth-order valence-corrected chi connectivity index (χ4v) is 1.12.